The van der Waals surface area contributed by atoms with Crippen molar-refractivity contribution in [2.75, 3.05) is 4.90 Å². The van der Waals surface area contributed by atoms with E-state index in [1.807, 2.05) is 6.07 Å². The van der Waals surface area contributed by atoms with Crippen LogP contribution >= 0.6 is 0 Å². The van der Waals surface area contributed by atoms with Crippen LogP contribution in [0.4, 0.5) is 17.1 Å². The third kappa shape index (κ3) is 5.62. The predicted octanol–water partition coefficient (Wildman–Crippen LogP) is 14.9. The van der Waals surface area contributed by atoms with Crippen LogP contribution in [-0.2, 0) is 0 Å². The number of fused-ring (bicyclic) bond motifs is 4. The van der Waals surface area contributed by atoms with Gasteiger partial charge in [-0.25, -0.2) is 0 Å². The van der Waals surface area contributed by atoms with E-state index in [1.54, 1.807) is 0 Å². The number of hydrogen-bond donors (Lipinski definition) is 0. The molecule has 10 aromatic rings. The SMILES string of the molecule is c1ccc(-c2ccc(-c3ccc(N(c4ccc(-c5ccccc5)cc4)c4ccc5oc6ccccc6c5c4-c4cccc5ccccc45)cc3)cc2)cc1. The molecule has 9 aromatic carbocycles. The lowest BCUT2D eigenvalue weighted by atomic mass is 9.92. The summed E-state index contributed by atoms with van der Waals surface area (Å²) in [7, 11) is 0. The molecule has 0 spiro atoms. The molecule has 2 nitrogen and oxygen atoms in total. The van der Waals surface area contributed by atoms with E-state index >= 15 is 0 Å². The summed E-state index contributed by atoms with van der Waals surface area (Å²) in [5.41, 5.74) is 14.4. The van der Waals surface area contributed by atoms with E-state index in [1.165, 1.54) is 49.7 Å². The van der Waals surface area contributed by atoms with Crippen LogP contribution in [0, 0.1) is 0 Å². The van der Waals surface area contributed by atoms with Crippen molar-refractivity contribution in [3.05, 3.63) is 212 Å². The molecule has 0 atom stereocenters. The standard InChI is InChI=1S/C52H35NO/c1-3-12-36(13-4-1)38-22-24-39(25-23-38)41-28-32-44(33-29-41)53(43-30-26-40(27-31-43)37-14-5-2-6-15-37)48-34-35-50-52(47-19-9-10-21-49(47)54-50)51(48)46-20-11-17-42-16-7-8-18-45(42)46/h1-35H. The lowest BCUT2D eigenvalue weighted by molar-refractivity contribution is 0.669. The lowest BCUT2D eigenvalue weighted by Crippen LogP contribution is -2.11. The van der Waals surface area contributed by atoms with Gasteiger partial charge in [-0.15, -0.1) is 0 Å². The van der Waals surface area contributed by atoms with E-state index in [0.29, 0.717) is 0 Å². The van der Waals surface area contributed by atoms with Crippen LogP contribution in [0.5, 0.6) is 0 Å². The quantitative estimate of drug-likeness (QED) is 0.166. The molecule has 2 heteroatoms. The van der Waals surface area contributed by atoms with E-state index in [4.69, 9.17) is 4.42 Å². The number of rotatable bonds is 7. The molecule has 0 N–H and O–H groups in total. The van der Waals surface area contributed by atoms with Crippen molar-refractivity contribution in [2.45, 2.75) is 0 Å². The average Bonchev–Trinajstić information content (AvgIpc) is 3.64. The Morgan fingerprint density at radius 1 is 0.315 bits per heavy atom. The van der Waals surface area contributed by atoms with E-state index in [0.717, 1.165) is 44.6 Å². The molecule has 0 aliphatic rings. The number of anilines is 3. The summed E-state index contributed by atoms with van der Waals surface area (Å²) < 4.78 is 6.52. The molecule has 0 saturated heterocycles. The molecular weight excluding hydrogens is 655 g/mol. The van der Waals surface area contributed by atoms with E-state index < -0.39 is 0 Å². The zero-order chi connectivity index (χ0) is 35.8. The second-order valence-corrected chi connectivity index (χ2v) is 13.7. The Balaban J connectivity index is 1.17. The van der Waals surface area contributed by atoms with Gasteiger partial charge in [-0.3, -0.25) is 0 Å². The second kappa shape index (κ2) is 13.4. The Bertz CT molecular complexity index is 2880. The molecule has 0 fully saturated rings. The molecule has 0 unspecified atom stereocenters. The van der Waals surface area contributed by atoms with Gasteiger partial charge in [-0.2, -0.15) is 0 Å². The highest BCUT2D eigenvalue weighted by molar-refractivity contribution is 6.19. The van der Waals surface area contributed by atoms with Gasteiger partial charge in [0.15, 0.2) is 0 Å². The fourth-order valence-electron chi connectivity index (χ4n) is 7.86. The van der Waals surface area contributed by atoms with E-state index in [-0.39, 0.29) is 0 Å². The van der Waals surface area contributed by atoms with Crippen molar-refractivity contribution in [3.8, 4) is 44.5 Å². The smallest absolute Gasteiger partial charge is 0.136 e. The molecule has 0 aliphatic carbocycles. The first kappa shape index (κ1) is 31.6. The molecule has 0 saturated carbocycles. The summed E-state index contributed by atoms with van der Waals surface area (Å²) in [6, 6.07) is 75.9. The largest absolute Gasteiger partial charge is 0.456 e. The Hall–Kier alpha value is -7.16. The molecule has 1 heterocycles. The molecular formula is C52H35NO. The minimum Gasteiger partial charge on any atom is -0.456 e. The van der Waals surface area contributed by atoms with Gasteiger partial charge >= 0.3 is 0 Å². The van der Waals surface area contributed by atoms with Gasteiger partial charge < -0.3 is 9.32 Å². The predicted molar refractivity (Wildman–Crippen MR) is 228 cm³/mol. The minimum absolute atomic E-state index is 0.872. The van der Waals surface area contributed by atoms with Gasteiger partial charge in [0.05, 0.1) is 5.69 Å². The number of hydrogen-bond acceptors (Lipinski definition) is 2. The van der Waals surface area contributed by atoms with Gasteiger partial charge in [0.1, 0.15) is 11.2 Å². The molecule has 0 aliphatic heterocycles. The normalized spacial score (nSPS) is 11.3. The highest BCUT2D eigenvalue weighted by Crippen LogP contribution is 2.49. The third-order valence-corrected chi connectivity index (χ3v) is 10.5. The first-order chi connectivity index (χ1) is 26.8. The third-order valence-electron chi connectivity index (χ3n) is 10.5. The van der Waals surface area contributed by atoms with Crippen molar-refractivity contribution in [3.63, 3.8) is 0 Å². The van der Waals surface area contributed by atoms with Crippen LogP contribution in [0.2, 0.25) is 0 Å². The number of nitrogens with zero attached hydrogens (tertiary/aromatic N) is 1. The molecule has 10 rings (SSSR count). The highest BCUT2D eigenvalue weighted by Gasteiger charge is 2.24. The van der Waals surface area contributed by atoms with Gasteiger partial charge in [-0.05, 0) is 92.2 Å². The summed E-state index contributed by atoms with van der Waals surface area (Å²) in [6.07, 6.45) is 0. The van der Waals surface area contributed by atoms with Gasteiger partial charge in [0.25, 0.3) is 0 Å². The van der Waals surface area contributed by atoms with E-state index in [2.05, 4.69) is 211 Å². The fraction of sp³-hybridized carbons (Fsp3) is 0. The van der Waals surface area contributed by atoms with Gasteiger partial charge in [0.2, 0.25) is 0 Å². The van der Waals surface area contributed by atoms with E-state index in [9.17, 15) is 0 Å². The lowest BCUT2D eigenvalue weighted by Gasteiger charge is -2.29. The van der Waals surface area contributed by atoms with Gasteiger partial charge in [0, 0.05) is 27.7 Å². The number of furan rings is 1. The number of para-hydroxylation sites is 1. The Labute approximate surface area is 314 Å². The highest BCUT2D eigenvalue weighted by atomic mass is 16.3. The summed E-state index contributed by atoms with van der Waals surface area (Å²) in [4.78, 5) is 2.40. The summed E-state index contributed by atoms with van der Waals surface area (Å²) in [5.74, 6) is 0. The van der Waals surface area contributed by atoms with Crippen LogP contribution < -0.4 is 4.90 Å². The van der Waals surface area contributed by atoms with Crippen molar-refractivity contribution in [1.29, 1.82) is 0 Å². The summed E-state index contributed by atoms with van der Waals surface area (Å²) in [5, 5.41) is 4.62. The molecule has 254 valence electrons. The van der Waals surface area contributed by atoms with Crippen molar-refractivity contribution in [1.82, 2.24) is 0 Å². The molecule has 0 radical (unpaired) electrons. The monoisotopic (exact) mass is 689 g/mol. The number of benzene rings is 9. The zero-order valence-corrected chi connectivity index (χ0v) is 29.6. The first-order valence-electron chi connectivity index (χ1n) is 18.4. The van der Waals surface area contributed by atoms with Gasteiger partial charge in [-0.1, -0.05) is 170 Å². The van der Waals surface area contributed by atoms with Crippen LogP contribution in [0.3, 0.4) is 0 Å². The fourth-order valence-corrected chi connectivity index (χ4v) is 7.86. The van der Waals surface area contributed by atoms with Crippen LogP contribution in [0.1, 0.15) is 0 Å². The Kier molecular flexibility index (Phi) is 7.85. The van der Waals surface area contributed by atoms with Crippen molar-refractivity contribution in [2.24, 2.45) is 0 Å². The molecule has 0 amide bonds. The van der Waals surface area contributed by atoms with Crippen LogP contribution in [-0.4, -0.2) is 0 Å². The Morgan fingerprint density at radius 3 is 1.37 bits per heavy atom. The zero-order valence-electron chi connectivity index (χ0n) is 29.6. The maximum absolute atomic E-state index is 6.52. The molecule has 1 aromatic heterocycles. The van der Waals surface area contributed by atoms with Crippen molar-refractivity contribution < 1.29 is 4.42 Å². The van der Waals surface area contributed by atoms with Crippen LogP contribution in [0.25, 0.3) is 77.2 Å². The van der Waals surface area contributed by atoms with Crippen LogP contribution in [0.15, 0.2) is 217 Å². The second-order valence-electron chi connectivity index (χ2n) is 13.7. The summed E-state index contributed by atoms with van der Waals surface area (Å²) in [6.45, 7) is 0. The topological polar surface area (TPSA) is 16.4 Å². The molecule has 54 heavy (non-hydrogen) atoms. The maximum Gasteiger partial charge on any atom is 0.136 e. The van der Waals surface area contributed by atoms with Crippen molar-refractivity contribution >= 4 is 49.8 Å². The minimum atomic E-state index is 0.872. The Morgan fingerprint density at radius 2 is 0.778 bits per heavy atom. The average molecular weight is 690 g/mol. The first-order valence-corrected chi connectivity index (χ1v) is 18.4. The summed E-state index contributed by atoms with van der Waals surface area (Å²) >= 11 is 0. The maximum atomic E-state index is 6.52. The molecule has 0 bridgehead atoms.